The molecule has 0 saturated heterocycles. The number of nitrogens with zero attached hydrogens (tertiary/aromatic N) is 1. The van der Waals surface area contributed by atoms with Crippen LogP contribution in [0.25, 0.3) is 0 Å². The second kappa shape index (κ2) is 9.98. The second-order valence-corrected chi connectivity index (χ2v) is 7.72. The van der Waals surface area contributed by atoms with Crippen LogP contribution in [0, 0.1) is 11.8 Å². The highest BCUT2D eigenvalue weighted by Gasteiger charge is 2.34. The summed E-state index contributed by atoms with van der Waals surface area (Å²) >= 11 is 0. The molecule has 0 saturated carbocycles. The highest BCUT2D eigenvalue weighted by molar-refractivity contribution is 5.99. The van der Waals surface area contributed by atoms with Gasteiger partial charge in [-0.15, -0.1) is 0 Å². The molecule has 1 atom stereocenters. The highest BCUT2D eigenvalue weighted by atomic mass is 16.5. The first-order valence-corrected chi connectivity index (χ1v) is 10.2. The van der Waals surface area contributed by atoms with Crippen LogP contribution in [0.5, 0.6) is 5.75 Å². The fourth-order valence-electron chi connectivity index (χ4n) is 3.56. The molecule has 166 valence electrons. The van der Waals surface area contributed by atoms with Gasteiger partial charge in [-0.2, -0.15) is 0 Å². The molecular formula is C24H26N4O4. The number of fused-ring (bicyclic) bond motifs is 1. The van der Waals surface area contributed by atoms with E-state index in [0.29, 0.717) is 30.8 Å². The zero-order valence-electron chi connectivity index (χ0n) is 18.1. The molecular weight excluding hydrogens is 408 g/mol. The van der Waals surface area contributed by atoms with E-state index in [0.717, 1.165) is 23.1 Å². The van der Waals surface area contributed by atoms with E-state index in [2.05, 4.69) is 22.5 Å². The molecule has 4 amide bonds. The van der Waals surface area contributed by atoms with Crippen LogP contribution < -0.4 is 21.1 Å². The van der Waals surface area contributed by atoms with Gasteiger partial charge in [-0.1, -0.05) is 30.0 Å². The molecule has 0 aromatic heterocycles. The number of ether oxygens (including phenoxy) is 1. The molecule has 4 N–H and O–H groups in total. The first-order chi connectivity index (χ1) is 15.4. The first kappa shape index (κ1) is 22.8. The predicted molar refractivity (Wildman–Crippen MR) is 120 cm³/mol. The molecule has 8 heteroatoms. The molecule has 0 fully saturated rings. The molecule has 2 aromatic carbocycles. The van der Waals surface area contributed by atoms with E-state index in [1.54, 1.807) is 31.1 Å². The Bertz CT molecular complexity index is 1070. The van der Waals surface area contributed by atoms with E-state index in [1.165, 1.54) is 0 Å². The summed E-state index contributed by atoms with van der Waals surface area (Å²) in [6.07, 6.45) is 1.07. The number of methoxy groups -OCH3 is 1. The van der Waals surface area contributed by atoms with Gasteiger partial charge in [0, 0.05) is 17.7 Å². The Labute approximate surface area is 187 Å². The zero-order valence-corrected chi connectivity index (χ0v) is 18.1. The highest BCUT2D eigenvalue weighted by Crippen LogP contribution is 2.27. The van der Waals surface area contributed by atoms with Crippen molar-refractivity contribution in [3.05, 3.63) is 64.7 Å². The minimum atomic E-state index is -1.11. The largest absolute Gasteiger partial charge is 0.497 e. The van der Waals surface area contributed by atoms with E-state index in [4.69, 9.17) is 10.5 Å². The molecule has 3 rings (SSSR count). The van der Waals surface area contributed by atoms with Crippen molar-refractivity contribution in [2.45, 2.75) is 25.4 Å². The van der Waals surface area contributed by atoms with Crippen LogP contribution in [-0.2, 0) is 17.8 Å². The summed E-state index contributed by atoms with van der Waals surface area (Å²) < 4.78 is 5.22. The third kappa shape index (κ3) is 5.45. The average molecular weight is 434 g/mol. The number of imide groups is 1. The van der Waals surface area contributed by atoms with Crippen LogP contribution in [0.3, 0.4) is 0 Å². The number of benzene rings is 2. The minimum Gasteiger partial charge on any atom is -0.497 e. The molecule has 1 aliphatic heterocycles. The fraction of sp³-hybridized carbons (Fsp3) is 0.292. The van der Waals surface area contributed by atoms with Crippen molar-refractivity contribution < 1.29 is 19.1 Å². The number of amides is 4. The number of carbonyl (C=O) groups is 3. The molecule has 0 aliphatic carbocycles. The van der Waals surface area contributed by atoms with Crippen LogP contribution in [0.1, 0.15) is 34.0 Å². The first-order valence-electron chi connectivity index (χ1n) is 10.2. The summed E-state index contributed by atoms with van der Waals surface area (Å²) in [5, 5.41) is 4.76. The van der Waals surface area contributed by atoms with Crippen molar-refractivity contribution in [1.82, 2.24) is 15.5 Å². The van der Waals surface area contributed by atoms with E-state index >= 15 is 0 Å². The monoisotopic (exact) mass is 434 g/mol. The van der Waals surface area contributed by atoms with Gasteiger partial charge in [-0.05, 0) is 55.3 Å². The third-order valence-corrected chi connectivity index (χ3v) is 5.15. The summed E-state index contributed by atoms with van der Waals surface area (Å²) in [4.78, 5) is 37.3. The number of carbonyl (C=O) groups excluding carboxylic acids is 3. The number of urea groups is 1. The van der Waals surface area contributed by atoms with Gasteiger partial charge < -0.3 is 20.7 Å². The molecule has 1 aliphatic rings. The van der Waals surface area contributed by atoms with Crippen molar-refractivity contribution in [2.75, 3.05) is 20.2 Å². The summed E-state index contributed by atoms with van der Waals surface area (Å²) in [7, 11) is 1.55. The Morgan fingerprint density at radius 3 is 2.69 bits per heavy atom. The van der Waals surface area contributed by atoms with E-state index in [9.17, 15) is 14.4 Å². The number of hydrogen-bond donors (Lipinski definition) is 3. The van der Waals surface area contributed by atoms with Gasteiger partial charge in [0.2, 0.25) is 6.41 Å². The van der Waals surface area contributed by atoms with Gasteiger partial charge in [0.15, 0.2) is 0 Å². The topological polar surface area (TPSA) is 114 Å². The minimum absolute atomic E-state index is 0.132. The van der Waals surface area contributed by atoms with Gasteiger partial charge >= 0.3 is 6.03 Å². The normalized spacial score (nSPS) is 14.0. The molecule has 1 heterocycles. The average Bonchev–Trinajstić information content (AvgIpc) is 3.08. The summed E-state index contributed by atoms with van der Waals surface area (Å²) in [6.45, 7) is 2.80. The van der Waals surface area contributed by atoms with Crippen molar-refractivity contribution >= 4 is 18.3 Å². The van der Waals surface area contributed by atoms with Crippen molar-refractivity contribution in [3.63, 3.8) is 0 Å². The van der Waals surface area contributed by atoms with Gasteiger partial charge in [0.1, 0.15) is 11.3 Å². The van der Waals surface area contributed by atoms with Gasteiger partial charge in [0.05, 0.1) is 13.7 Å². The Kier molecular flexibility index (Phi) is 7.13. The quantitative estimate of drug-likeness (QED) is 0.451. The molecule has 0 bridgehead atoms. The molecule has 0 spiro atoms. The molecule has 32 heavy (non-hydrogen) atoms. The number of hydrogen-bond acceptors (Lipinski definition) is 5. The summed E-state index contributed by atoms with van der Waals surface area (Å²) in [6, 6.07) is 12.3. The summed E-state index contributed by atoms with van der Waals surface area (Å²) in [5.74, 6) is 6.56. The maximum Gasteiger partial charge on any atom is 0.322 e. The van der Waals surface area contributed by atoms with Crippen molar-refractivity contribution in [2.24, 2.45) is 5.73 Å². The van der Waals surface area contributed by atoms with Crippen molar-refractivity contribution in [3.8, 4) is 17.6 Å². The lowest BCUT2D eigenvalue weighted by Crippen LogP contribution is -2.55. The molecule has 2 aromatic rings. The summed E-state index contributed by atoms with van der Waals surface area (Å²) in [5.41, 5.74) is 7.79. The van der Waals surface area contributed by atoms with Crippen LogP contribution in [0.15, 0.2) is 42.5 Å². The van der Waals surface area contributed by atoms with Gasteiger partial charge in [-0.3, -0.25) is 14.9 Å². The zero-order chi connectivity index (χ0) is 23.1. The Hall–Kier alpha value is -3.83. The second-order valence-electron chi connectivity index (χ2n) is 7.72. The lowest BCUT2D eigenvalue weighted by atomic mass is 10.0. The molecule has 0 unspecified atom stereocenters. The van der Waals surface area contributed by atoms with Crippen LogP contribution in [0.4, 0.5) is 4.79 Å². The third-order valence-electron chi connectivity index (χ3n) is 5.15. The van der Waals surface area contributed by atoms with Crippen LogP contribution in [-0.4, -0.2) is 49.0 Å². The predicted octanol–water partition coefficient (Wildman–Crippen LogP) is 1.42. The lowest BCUT2D eigenvalue weighted by molar-refractivity contribution is -0.108. The lowest BCUT2D eigenvalue weighted by Gasteiger charge is -2.30. The van der Waals surface area contributed by atoms with Crippen molar-refractivity contribution in [1.29, 1.82) is 0 Å². The molecule has 8 nitrogen and oxygen atoms in total. The van der Waals surface area contributed by atoms with Crippen LogP contribution in [0.2, 0.25) is 0 Å². The van der Waals surface area contributed by atoms with Crippen LogP contribution >= 0.6 is 0 Å². The maximum absolute atomic E-state index is 13.0. The maximum atomic E-state index is 13.0. The number of nitrogens with one attached hydrogen (secondary N) is 2. The number of nitrogens with two attached hydrogens (primary N) is 1. The SMILES string of the molecule is COc1ccc2c(c1)C(=O)N(C[C@@](C)(C#Cc1ccc(CCN)cc1)NC(=O)NC=O)C2. The van der Waals surface area contributed by atoms with E-state index < -0.39 is 11.6 Å². The van der Waals surface area contributed by atoms with E-state index in [-0.39, 0.29) is 12.5 Å². The fourth-order valence-corrected chi connectivity index (χ4v) is 3.56. The van der Waals surface area contributed by atoms with Gasteiger partial charge in [-0.25, -0.2) is 4.79 Å². The van der Waals surface area contributed by atoms with E-state index in [1.807, 2.05) is 30.3 Å². The Morgan fingerprint density at radius 1 is 1.28 bits per heavy atom. The Balaban J connectivity index is 1.83. The molecule has 0 radical (unpaired) electrons. The standard InChI is InChI=1S/C24H26N4O4/c1-24(27-23(31)26-16-29,11-9-17-3-5-18(6-4-17)10-12-25)15-28-14-19-7-8-20(32-2)13-21(19)22(28)30/h3-8,13,16H,10,12,14-15,25H2,1-2H3,(H2,26,27,29,31)/t24-/m1/s1. The smallest absolute Gasteiger partial charge is 0.322 e. The van der Waals surface area contributed by atoms with Gasteiger partial charge in [0.25, 0.3) is 5.91 Å². The Morgan fingerprint density at radius 2 is 2.03 bits per heavy atom. The number of rotatable bonds is 7.